The molecular formula is C11H9Cl2N2O3S2. The molecule has 0 spiro atoms. The fourth-order valence-corrected chi connectivity index (χ4v) is 4.58. The van der Waals surface area contributed by atoms with Crippen molar-refractivity contribution in [2.24, 2.45) is 0 Å². The van der Waals surface area contributed by atoms with Crippen LogP contribution in [0.15, 0.2) is 23.2 Å². The molecule has 0 saturated heterocycles. The first kappa shape index (κ1) is 15.4. The highest BCUT2D eigenvalue weighted by Gasteiger charge is 2.23. The molecule has 0 fully saturated rings. The van der Waals surface area contributed by atoms with E-state index in [2.05, 4.69) is 16.6 Å². The van der Waals surface area contributed by atoms with Crippen LogP contribution >= 0.6 is 34.5 Å². The molecule has 2 heterocycles. The van der Waals surface area contributed by atoms with Crippen molar-refractivity contribution < 1.29 is 13.2 Å². The number of hydrogen-bond donors (Lipinski definition) is 1. The molecule has 9 heteroatoms. The maximum atomic E-state index is 12.2. The standard InChI is InChI=1S/C11H9Cl2N2O3S2/c1-6-3-7(18-2)11(14-5-6)15-20(16,17)8-4-9(12)19-10(8)13/h3-5H,1H2,2H3,(H,14,15). The summed E-state index contributed by atoms with van der Waals surface area (Å²) in [6, 6.07) is 2.84. The van der Waals surface area contributed by atoms with E-state index in [1.807, 2.05) is 0 Å². The molecule has 0 aliphatic carbocycles. The van der Waals surface area contributed by atoms with Crippen LogP contribution in [-0.4, -0.2) is 20.5 Å². The Hall–Kier alpha value is -1.02. The van der Waals surface area contributed by atoms with Crippen molar-refractivity contribution in [1.82, 2.24) is 4.98 Å². The number of methoxy groups -OCH3 is 1. The van der Waals surface area contributed by atoms with Crippen molar-refractivity contribution in [1.29, 1.82) is 0 Å². The van der Waals surface area contributed by atoms with Gasteiger partial charge >= 0.3 is 0 Å². The molecule has 2 aromatic heterocycles. The quantitative estimate of drug-likeness (QED) is 0.915. The number of hydrogen-bond acceptors (Lipinski definition) is 5. The minimum absolute atomic E-state index is 0.0540. The summed E-state index contributed by atoms with van der Waals surface area (Å²) in [5.74, 6) is 0.316. The number of aromatic nitrogens is 1. The van der Waals surface area contributed by atoms with Gasteiger partial charge < -0.3 is 4.74 Å². The van der Waals surface area contributed by atoms with Gasteiger partial charge in [-0.2, -0.15) is 0 Å². The van der Waals surface area contributed by atoms with Gasteiger partial charge in [0.15, 0.2) is 11.6 Å². The van der Waals surface area contributed by atoms with Crippen LogP contribution in [-0.2, 0) is 10.0 Å². The number of anilines is 1. The minimum Gasteiger partial charge on any atom is -0.493 e. The Kier molecular flexibility index (Phi) is 4.43. The van der Waals surface area contributed by atoms with Crippen molar-refractivity contribution in [3.05, 3.63) is 39.5 Å². The second-order valence-corrected chi connectivity index (χ2v) is 7.62. The smallest absolute Gasteiger partial charge is 0.265 e. The van der Waals surface area contributed by atoms with E-state index in [1.165, 1.54) is 19.4 Å². The van der Waals surface area contributed by atoms with Crippen LogP contribution in [0.5, 0.6) is 5.75 Å². The van der Waals surface area contributed by atoms with Gasteiger partial charge in [-0.3, -0.25) is 4.72 Å². The third kappa shape index (κ3) is 3.17. The number of rotatable bonds is 4. The van der Waals surface area contributed by atoms with Gasteiger partial charge in [-0.25, -0.2) is 13.4 Å². The van der Waals surface area contributed by atoms with Gasteiger partial charge in [0.25, 0.3) is 10.0 Å². The van der Waals surface area contributed by atoms with Crippen LogP contribution in [0.2, 0.25) is 8.67 Å². The van der Waals surface area contributed by atoms with Gasteiger partial charge in [0, 0.05) is 6.20 Å². The molecule has 1 N–H and O–H groups in total. The average molecular weight is 352 g/mol. The maximum Gasteiger partial charge on any atom is 0.265 e. The van der Waals surface area contributed by atoms with Gasteiger partial charge in [-0.05, 0) is 24.6 Å². The molecule has 0 amide bonds. The molecule has 2 aromatic rings. The lowest BCUT2D eigenvalue weighted by molar-refractivity contribution is 0.415. The molecule has 107 valence electrons. The Morgan fingerprint density at radius 1 is 1.40 bits per heavy atom. The van der Waals surface area contributed by atoms with Gasteiger partial charge in [-0.15, -0.1) is 11.3 Å². The van der Waals surface area contributed by atoms with Crippen molar-refractivity contribution in [2.75, 3.05) is 11.8 Å². The Bertz CT molecular complexity index is 744. The molecule has 0 atom stereocenters. The lowest BCUT2D eigenvalue weighted by Gasteiger charge is -2.10. The fourth-order valence-electron chi connectivity index (χ4n) is 1.41. The van der Waals surface area contributed by atoms with Crippen molar-refractivity contribution in [3.8, 4) is 5.75 Å². The van der Waals surface area contributed by atoms with Crippen LogP contribution in [0.25, 0.3) is 0 Å². The number of pyridine rings is 1. The first-order valence-electron chi connectivity index (χ1n) is 5.17. The van der Waals surface area contributed by atoms with E-state index < -0.39 is 10.0 Å². The van der Waals surface area contributed by atoms with Crippen LogP contribution in [0.3, 0.4) is 0 Å². The van der Waals surface area contributed by atoms with E-state index in [4.69, 9.17) is 27.9 Å². The zero-order valence-electron chi connectivity index (χ0n) is 10.2. The number of ether oxygens (including phenoxy) is 1. The van der Waals surface area contributed by atoms with Crippen LogP contribution in [0, 0.1) is 6.92 Å². The lowest BCUT2D eigenvalue weighted by Crippen LogP contribution is -2.14. The fraction of sp³-hybridized carbons (Fsp3) is 0.0909. The maximum absolute atomic E-state index is 12.2. The third-order valence-electron chi connectivity index (χ3n) is 2.28. The van der Waals surface area contributed by atoms with Gasteiger partial charge in [0.2, 0.25) is 0 Å². The summed E-state index contributed by atoms with van der Waals surface area (Å²) in [5, 5.41) is 0. The highest BCUT2D eigenvalue weighted by atomic mass is 35.5. The topological polar surface area (TPSA) is 68.3 Å². The number of thiophene rings is 1. The molecule has 0 aliphatic rings. The molecule has 0 aromatic carbocycles. The Labute approximate surface area is 130 Å². The summed E-state index contributed by atoms with van der Waals surface area (Å²) in [6.07, 6.45) is 1.42. The van der Waals surface area contributed by atoms with Crippen LogP contribution < -0.4 is 9.46 Å². The number of sulfonamides is 1. The number of nitrogens with one attached hydrogen (secondary N) is 1. The Morgan fingerprint density at radius 2 is 2.10 bits per heavy atom. The average Bonchev–Trinajstić information content (AvgIpc) is 2.71. The van der Waals surface area contributed by atoms with E-state index in [-0.39, 0.29) is 25.1 Å². The molecule has 20 heavy (non-hydrogen) atoms. The molecule has 5 nitrogen and oxygen atoms in total. The molecule has 0 bridgehead atoms. The van der Waals surface area contributed by atoms with E-state index in [9.17, 15) is 8.42 Å². The first-order valence-corrected chi connectivity index (χ1v) is 8.22. The van der Waals surface area contributed by atoms with Gasteiger partial charge in [-0.1, -0.05) is 23.2 Å². The normalized spacial score (nSPS) is 11.4. The van der Waals surface area contributed by atoms with E-state index in [1.54, 1.807) is 6.07 Å². The summed E-state index contributed by atoms with van der Waals surface area (Å²) in [4.78, 5) is 3.85. The molecule has 0 unspecified atom stereocenters. The zero-order chi connectivity index (χ0) is 14.9. The number of halogens is 2. The van der Waals surface area contributed by atoms with E-state index in [0.29, 0.717) is 5.56 Å². The second kappa shape index (κ2) is 5.77. The van der Waals surface area contributed by atoms with E-state index in [0.717, 1.165) is 11.3 Å². The highest BCUT2D eigenvalue weighted by Crippen LogP contribution is 2.35. The summed E-state index contributed by atoms with van der Waals surface area (Å²) in [7, 11) is -2.48. The molecule has 2 rings (SSSR count). The largest absolute Gasteiger partial charge is 0.493 e. The highest BCUT2D eigenvalue weighted by molar-refractivity contribution is 7.93. The predicted octanol–water partition coefficient (Wildman–Crippen LogP) is 3.44. The second-order valence-electron chi connectivity index (χ2n) is 3.69. The van der Waals surface area contributed by atoms with Crippen LogP contribution in [0.4, 0.5) is 5.82 Å². The SMILES string of the molecule is [CH2]c1cnc(NS(=O)(=O)c2cc(Cl)sc2Cl)c(OC)c1. The van der Waals surface area contributed by atoms with Crippen molar-refractivity contribution >= 4 is 50.4 Å². The van der Waals surface area contributed by atoms with Gasteiger partial charge in [0.1, 0.15) is 9.23 Å². The predicted molar refractivity (Wildman–Crippen MR) is 80.4 cm³/mol. The monoisotopic (exact) mass is 351 g/mol. The summed E-state index contributed by atoms with van der Waals surface area (Å²) in [5.41, 5.74) is 0.599. The molecule has 0 aliphatic heterocycles. The summed E-state index contributed by atoms with van der Waals surface area (Å²) >= 11 is 12.6. The molecule has 0 saturated carbocycles. The Morgan fingerprint density at radius 3 is 2.65 bits per heavy atom. The third-order valence-corrected chi connectivity index (χ3v) is 5.37. The first-order chi connectivity index (χ1) is 9.33. The van der Waals surface area contributed by atoms with Crippen molar-refractivity contribution in [2.45, 2.75) is 4.90 Å². The van der Waals surface area contributed by atoms with Crippen LogP contribution in [0.1, 0.15) is 5.56 Å². The zero-order valence-corrected chi connectivity index (χ0v) is 13.3. The minimum atomic E-state index is -3.89. The molecule has 1 radical (unpaired) electrons. The van der Waals surface area contributed by atoms with Crippen molar-refractivity contribution in [3.63, 3.8) is 0 Å². The van der Waals surface area contributed by atoms with Gasteiger partial charge in [0.05, 0.1) is 11.4 Å². The number of nitrogens with zero attached hydrogens (tertiary/aromatic N) is 1. The Balaban J connectivity index is 2.41. The van der Waals surface area contributed by atoms with E-state index >= 15 is 0 Å². The lowest BCUT2D eigenvalue weighted by atomic mass is 10.3. The summed E-state index contributed by atoms with van der Waals surface area (Å²) < 4.78 is 32.2. The molecular weight excluding hydrogens is 343 g/mol. The summed E-state index contributed by atoms with van der Waals surface area (Å²) in [6.45, 7) is 3.69.